The van der Waals surface area contributed by atoms with Gasteiger partial charge in [-0.25, -0.2) is 9.97 Å². The molecule has 0 spiro atoms. The second-order valence-electron chi connectivity index (χ2n) is 2.79. The maximum absolute atomic E-state index is 10.7. The van der Waals surface area contributed by atoms with Crippen LogP contribution in [0.4, 0.5) is 5.95 Å². The van der Waals surface area contributed by atoms with Crippen LogP contribution >= 0.6 is 0 Å². The van der Waals surface area contributed by atoms with Gasteiger partial charge in [-0.3, -0.25) is 4.79 Å². The molecule has 0 saturated heterocycles. The minimum absolute atomic E-state index is 0.423. The van der Waals surface area contributed by atoms with E-state index in [1.807, 2.05) is 6.92 Å². The summed E-state index contributed by atoms with van der Waals surface area (Å²) in [4.78, 5) is 18.7. The van der Waals surface area contributed by atoms with Crippen molar-refractivity contribution in [2.24, 2.45) is 5.73 Å². The van der Waals surface area contributed by atoms with Crippen molar-refractivity contribution < 1.29 is 4.79 Å². The number of amides is 1. The molecule has 3 N–H and O–H groups in total. The molecule has 5 heteroatoms. The summed E-state index contributed by atoms with van der Waals surface area (Å²) in [5.74, 6) is -0.00333. The Kier molecular flexibility index (Phi) is 2.79. The second-order valence-corrected chi connectivity index (χ2v) is 2.79. The maximum Gasteiger partial charge on any atom is 0.239 e. The Morgan fingerprint density at radius 3 is 2.92 bits per heavy atom. The third-order valence-corrected chi connectivity index (χ3v) is 1.57. The molecule has 0 aromatic carbocycles. The van der Waals surface area contributed by atoms with Crippen LogP contribution < -0.4 is 11.1 Å². The molecule has 0 aliphatic heterocycles. The summed E-state index contributed by atoms with van der Waals surface area (Å²) in [6, 6.07) is 1.32. The molecule has 0 radical (unpaired) electrons. The zero-order chi connectivity index (χ0) is 9.84. The number of aromatic nitrogens is 2. The minimum Gasteiger partial charge on any atom is -0.368 e. The van der Waals surface area contributed by atoms with Gasteiger partial charge in [0.15, 0.2) is 0 Å². The summed E-state index contributed by atoms with van der Waals surface area (Å²) in [6.45, 7) is 3.51. The third kappa shape index (κ3) is 2.70. The van der Waals surface area contributed by atoms with Gasteiger partial charge in [-0.1, -0.05) is 0 Å². The van der Waals surface area contributed by atoms with Crippen LogP contribution in [-0.2, 0) is 4.79 Å². The van der Waals surface area contributed by atoms with Gasteiger partial charge in [0.05, 0.1) is 0 Å². The number of hydrogen-bond donors (Lipinski definition) is 2. The number of primary amides is 1. The van der Waals surface area contributed by atoms with Gasteiger partial charge in [0.1, 0.15) is 6.04 Å². The minimum atomic E-state index is -0.457. The molecule has 0 bridgehead atoms. The number of nitrogens with two attached hydrogens (primary N) is 1. The largest absolute Gasteiger partial charge is 0.368 e. The molecule has 1 aromatic rings. The lowest BCUT2D eigenvalue weighted by molar-refractivity contribution is -0.118. The van der Waals surface area contributed by atoms with Crippen molar-refractivity contribution >= 4 is 11.9 Å². The van der Waals surface area contributed by atoms with E-state index in [1.165, 1.54) is 0 Å². The Morgan fingerprint density at radius 2 is 2.38 bits per heavy atom. The number of aryl methyl sites for hydroxylation is 1. The van der Waals surface area contributed by atoms with E-state index >= 15 is 0 Å². The molecule has 1 amide bonds. The van der Waals surface area contributed by atoms with Crippen molar-refractivity contribution in [2.75, 3.05) is 5.32 Å². The molecule has 1 unspecified atom stereocenters. The fraction of sp³-hybridized carbons (Fsp3) is 0.375. The molecule has 0 aliphatic rings. The molecule has 1 heterocycles. The Labute approximate surface area is 76.4 Å². The molecular formula is C8H12N4O. The van der Waals surface area contributed by atoms with Crippen LogP contribution in [0.3, 0.4) is 0 Å². The molecule has 5 nitrogen and oxygen atoms in total. The van der Waals surface area contributed by atoms with Crippen LogP contribution in [0.2, 0.25) is 0 Å². The van der Waals surface area contributed by atoms with Crippen molar-refractivity contribution in [3.8, 4) is 0 Å². The van der Waals surface area contributed by atoms with Crippen molar-refractivity contribution in [3.05, 3.63) is 18.0 Å². The first-order valence-corrected chi connectivity index (χ1v) is 3.95. The lowest BCUT2D eigenvalue weighted by atomic mass is 10.3. The number of nitrogens with zero attached hydrogens (tertiary/aromatic N) is 2. The molecule has 0 aliphatic carbocycles. The maximum atomic E-state index is 10.7. The number of anilines is 1. The smallest absolute Gasteiger partial charge is 0.239 e. The van der Waals surface area contributed by atoms with E-state index in [4.69, 9.17) is 5.73 Å². The summed E-state index contributed by atoms with van der Waals surface area (Å²) >= 11 is 0. The zero-order valence-electron chi connectivity index (χ0n) is 7.61. The van der Waals surface area contributed by atoms with Crippen LogP contribution in [0, 0.1) is 6.92 Å². The molecule has 1 atom stereocenters. The van der Waals surface area contributed by atoms with E-state index in [1.54, 1.807) is 19.2 Å². The van der Waals surface area contributed by atoms with Gasteiger partial charge in [0, 0.05) is 11.9 Å². The van der Waals surface area contributed by atoms with Gasteiger partial charge in [0.2, 0.25) is 11.9 Å². The van der Waals surface area contributed by atoms with Gasteiger partial charge < -0.3 is 11.1 Å². The highest BCUT2D eigenvalue weighted by atomic mass is 16.1. The van der Waals surface area contributed by atoms with E-state index in [2.05, 4.69) is 15.3 Å². The summed E-state index contributed by atoms with van der Waals surface area (Å²) in [7, 11) is 0. The van der Waals surface area contributed by atoms with Crippen LogP contribution in [-0.4, -0.2) is 21.9 Å². The van der Waals surface area contributed by atoms with Gasteiger partial charge in [0.25, 0.3) is 0 Å². The topological polar surface area (TPSA) is 80.9 Å². The molecule has 70 valence electrons. The van der Waals surface area contributed by atoms with E-state index in [-0.39, 0.29) is 0 Å². The summed E-state index contributed by atoms with van der Waals surface area (Å²) in [5, 5.41) is 2.79. The normalized spacial score (nSPS) is 12.2. The number of carbonyl (C=O) groups is 1. The fourth-order valence-electron chi connectivity index (χ4n) is 0.783. The van der Waals surface area contributed by atoms with Gasteiger partial charge in [-0.2, -0.15) is 0 Å². The summed E-state index contributed by atoms with van der Waals surface area (Å²) < 4.78 is 0. The van der Waals surface area contributed by atoms with Crippen LogP contribution in [0.15, 0.2) is 12.3 Å². The van der Waals surface area contributed by atoms with E-state index < -0.39 is 11.9 Å². The number of rotatable bonds is 3. The fourth-order valence-corrected chi connectivity index (χ4v) is 0.783. The highest BCUT2D eigenvalue weighted by Crippen LogP contribution is 2.00. The Balaban J connectivity index is 2.69. The number of carbonyl (C=O) groups excluding carboxylic acids is 1. The van der Waals surface area contributed by atoms with Crippen LogP contribution in [0.5, 0.6) is 0 Å². The van der Waals surface area contributed by atoms with Crippen molar-refractivity contribution in [1.29, 1.82) is 0 Å². The predicted molar refractivity (Wildman–Crippen MR) is 49.0 cm³/mol. The lowest BCUT2D eigenvalue weighted by Gasteiger charge is -2.09. The first kappa shape index (κ1) is 9.44. The molecule has 1 aromatic heterocycles. The quantitative estimate of drug-likeness (QED) is 0.689. The highest BCUT2D eigenvalue weighted by Gasteiger charge is 2.08. The summed E-state index contributed by atoms with van der Waals surface area (Å²) in [6.07, 6.45) is 1.62. The van der Waals surface area contributed by atoms with E-state index in [0.29, 0.717) is 5.95 Å². The van der Waals surface area contributed by atoms with Gasteiger partial charge in [-0.15, -0.1) is 0 Å². The van der Waals surface area contributed by atoms with Crippen LogP contribution in [0.25, 0.3) is 0 Å². The molecule has 0 saturated carbocycles. The standard InChI is InChI=1S/C8H12N4O/c1-5-3-4-10-8(11-5)12-6(2)7(9)13/h3-4,6H,1-2H3,(H2,9,13)(H,10,11,12). The average Bonchev–Trinajstić information content (AvgIpc) is 2.04. The first-order chi connectivity index (χ1) is 6.09. The van der Waals surface area contributed by atoms with Crippen LogP contribution in [0.1, 0.15) is 12.6 Å². The van der Waals surface area contributed by atoms with Gasteiger partial charge >= 0.3 is 0 Å². The summed E-state index contributed by atoms with van der Waals surface area (Å²) in [5.41, 5.74) is 5.91. The van der Waals surface area contributed by atoms with Gasteiger partial charge in [-0.05, 0) is 19.9 Å². The average molecular weight is 180 g/mol. The van der Waals surface area contributed by atoms with E-state index in [9.17, 15) is 4.79 Å². The van der Waals surface area contributed by atoms with Crippen molar-refractivity contribution in [2.45, 2.75) is 19.9 Å². The SMILES string of the molecule is Cc1ccnc(NC(C)C(N)=O)n1. The molecule has 1 rings (SSSR count). The highest BCUT2D eigenvalue weighted by molar-refractivity contribution is 5.81. The van der Waals surface area contributed by atoms with Crippen molar-refractivity contribution in [3.63, 3.8) is 0 Å². The monoisotopic (exact) mass is 180 g/mol. The number of hydrogen-bond acceptors (Lipinski definition) is 4. The van der Waals surface area contributed by atoms with Crippen molar-refractivity contribution in [1.82, 2.24) is 9.97 Å². The molecule has 13 heavy (non-hydrogen) atoms. The Hall–Kier alpha value is -1.65. The molecular weight excluding hydrogens is 168 g/mol. The Bertz CT molecular complexity index is 313. The second kappa shape index (κ2) is 3.84. The predicted octanol–water partition coefficient (Wildman–Crippen LogP) is 0.0707. The zero-order valence-corrected chi connectivity index (χ0v) is 7.61. The lowest BCUT2D eigenvalue weighted by Crippen LogP contribution is -2.33. The van der Waals surface area contributed by atoms with E-state index in [0.717, 1.165) is 5.69 Å². The molecule has 0 fully saturated rings. The number of nitrogens with one attached hydrogen (secondary N) is 1. The first-order valence-electron chi connectivity index (χ1n) is 3.95. The third-order valence-electron chi connectivity index (χ3n) is 1.57. The Morgan fingerprint density at radius 1 is 1.69 bits per heavy atom.